The number of rotatable bonds is 3. The van der Waals surface area contributed by atoms with Crippen molar-refractivity contribution in [3.05, 3.63) is 16.4 Å². The molecule has 0 atom stereocenters. The molecule has 1 heterocycles. The molecule has 0 unspecified atom stereocenters. The number of hydrogen-bond donors (Lipinski definition) is 2. The van der Waals surface area contributed by atoms with Gasteiger partial charge in [0.25, 0.3) is 5.56 Å². The zero-order chi connectivity index (χ0) is 9.84. The number of aromatic amines is 1. The summed E-state index contributed by atoms with van der Waals surface area (Å²) in [6, 6.07) is 1.27. The monoisotopic (exact) mass is 182 g/mol. The van der Waals surface area contributed by atoms with Crippen molar-refractivity contribution in [2.45, 2.75) is 13.8 Å². The lowest BCUT2D eigenvalue weighted by Crippen LogP contribution is -2.27. The summed E-state index contributed by atoms with van der Waals surface area (Å²) in [7, 11) is 0. The fourth-order valence-electron chi connectivity index (χ4n) is 1.14. The van der Waals surface area contributed by atoms with Crippen molar-refractivity contribution in [1.82, 2.24) is 9.97 Å². The summed E-state index contributed by atoms with van der Waals surface area (Å²) in [6.45, 7) is 5.57. The normalized spacial score (nSPS) is 10.0. The van der Waals surface area contributed by atoms with Crippen LogP contribution in [0.25, 0.3) is 0 Å². The van der Waals surface area contributed by atoms with Crippen LogP contribution in [0.1, 0.15) is 13.8 Å². The molecule has 0 amide bonds. The molecule has 0 aliphatic carbocycles. The van der Waals surface area contributed by atoms with Crippen molar-refractivity contribution in [3.8, 4) is 0 Å². The molecular weight excluding hydrogens is 168 g/mol. The molecule has 13 heavy (non-hydrogen) atoms. The second kappa shape index (κ2) is 3.93. The van der Waals surface area contributed by atoms with E-state index in [4.69, 9.17) is 5.73 Å². The van der Waals surface area contributed by atoms with Gasteiger partial charge in [0.05, 0.1) is 0 Å². The highest BCUT2D eigenvalue weighted by Crippen LogP contribution is 2.04. The van der Waals surface area contributed by atoms with Crippen LogP contribution in [0.15, 0.2) is 10.9 Å². The van der Waals surface area contributed by atoms with Gasteiger partial charge in [-0.2, -0.15) is 4.98 Å². The van der Waals surface area contributed by atoms with Crippen LogP contribution in [-0.4, -0.2) is 23.1 Å². The number of nitrogen functional groups attached to an aromatic ring is 1. The second-order valence-corrected chi connectivity index (χ2v) is 2.67. The number of nitrogens with one attached hydrogen (secondary N) is 1. The first-order chi connectivity index (χ1) is 6.17. The van der Waals surface area contributed by atoms with Gasteiger partial charge in [-0.05, 0) is 13.8 Å². The first kappa shape index (κ1) is 9.57. The Hall–Kier alpha value is -1.52. The predicted molar refractivity (Wildman–Crippen MR) is 52.8 cm³/mol. The Bertz CT molecular complexity index is 329. The molecule has 72 valence electrons. The Morgan fingerprint density at radius 3 is 2.62 bits per heavy atom. The van der Waals surface area contributed by atoms with Crippen LogP contribution in [0.2, 0.25) is 0 Å². The second-order valence-electron chi connectivity index (χ2n) is 2.67. The third-order valence-corrected chi connectivity index (χ3v) is 1.81. The van der Waals surface area contributed by atoms with Gasteiger partial charge < -0.3 is 10.6 Å². The predicted octanol–water partition coefficient (Wildman–Crippen LogP) is 0.198. The van der Waals surface area contributed by atoms with E-state index in [2.05, 4.69) is 9.97 Å². The molecule has 0 aliphatic heterocycles. The van der Waals surface area contributed by atoms with Crippen molar-refractivity contribution >= 4 is 11.8 Å². The van der Waals surface area contributed by atoms with Crippen molar-refractivity contribution in [2.24, 2.45) is 0 Å². The Morgan fingerprint density at radius 1 is 1.54 bits per heavy atom. The lowest BCUT2D eigenvalue weighted by molar-refractivity contribution is 0.818. The van der Waals surface area contributed by atoms with E-state index in [-0.39, 0.29) is 11.4 Å². The van der Waals surface area contributed by atoms with Crippen LogP contribution >= 0.6 is 0 Å². The van der Waals surface area contributed by atoms with Gasteiger partial charge in [0.1, 0.15) is 5.82 Å². The number of aromatic nitrogens is 2. The van der Waals surface area contributed by atoms with Gasteiger partial charge in [-0.25, -0.2) is 0 Å². The van der Waals surface area contributed by atoms with Crippen molar-refractivity contribution in [2.75, 3.05) is 23.7 Å². The van der Waals surface area contributed by atoms with Gasteiger partial charge in [-0.3, -0.25) is 9.78 Å². The summed E-state index contributed by atoms with van der Waals surface area (Å²) in [4.78, 5) is 19.6. The minimum absolute atomic E-state index is 0.214. The third-order valence-electron chi connectivity index (χ3n) is 1.81. The highest BCUT2D eigenvalue weighted by molar-refractivity contribution is 5.37. The van der Waals surface area contributed by atoms with Crippen LogP contribution < -0.4 is 16.2 Å². The van der Waals surface area contributed by atoms with E-state index >= 15 is 0 Å². The average molecular weight is 182 g/mol. The molecule has 0 saturated heterocycles. The molecule has 3 N–H and O–H groups in total. The smallest absolute Gasteiger partial charge is 0.254 e. The van der Waals surface area contributed by atoms with E-state index in [1.165, 1.54) is 6.07 Å². The summed E-state index contributed by atoms with van der Waals surface area (Å²) in [6.07, 6.45) is 0. The molecule has 0 spiro atoms. The zero-order valence-corrected chi connectivity index (χ0v) is 7.87. The number of H-pyrrole nitrogens is 1. The first-order valence-corrected chi connectivity index (χ1v) is 4.29. The minimum atomic E-state index is -0.214. The van der Waals surface area contributed by atoms with E-state index in [9.17, 15) is 4.79 Å². The minimum Gasteiger partial charge on any atom is -0.383 e. The topological polar surface area (TPSA) is 75.0 Å². The van der Waals surface area contributed by atoms with Gasteiger partial charge in [-0.1, -0.05) is 0 Å². The van der Waals surface area contributed by atoms with E-state index < -0.39 is 0 Å². The quantitative estimate of drug-likeness (QED) is 0.700. The average Bonchev–Trinajstić information content (AvgIpc) is 2.04. The summed E-state index contributed by atoms with van der Waals surface area (Å²) < 4.78 is 0. The van der Waals surface area contributed by atoms with Crippen molar-refractivity contribution < 1.29 is 0 Å². The maximum absolute atomic E-state index is 11.0. The fourth-order valence-corrected chi connectivity index (χ4v) is 1.14. The molecule has 0 radical (unpaired) electrons. The van der Waals surface area contributed by atoms with Crippen molar-refractivity contribution in [3.63, 3.8) is 0 Å². The van der Waals surface area contributed by atoms with Gasteiger partial charge in [0.15, 0.2) is 0 Å². The number of anilines is 2. The van der Waals surface area contributed by atoms with Gasteiger partial charge >= 0.3 is 0 Å². The number of nitrogens with two attached hydrogens (primary N) is 1. The Kier molecular flexibility index (Phi) is 2.89. The molecule has 0 aromatic carbocycles. The standard InChI is InChI=1S/C8H14N4O/c1-3-12(4-2)8-10-6(9)5-7(13)11-8/h5H,3-4H2,1-2H3,(H3,9,10,11,13). The SMILES string of the molecule is CCN(CC)c1nc(N)cc(=O)[nH]1. The van der Waals surface area contributed by atoms with Crippen LogP contribution in [-0.2, 0) is 0 Å². The fraction of sp³-hybridized carbons (Fsp3) is 0.500. The molecule has 1 rings (SSSR count). The largest absolute Gasteiger partial charge is 0.383 e. The van der Waals surface area contributed by atoms with Crippen LogP contribution in [0.4, 0.5) is 11.8 Å². The van der Waals surface area contributed by atoms with Crippen molar-refractivity contribution in [1.29, 1.82) is 0 Å². The lowest BCUT2D eigenvalue weighted by Gasteiger charge is -2.18. The van der Waals surface area contributed by atoms with E-state index in [1.807, 2.05) is 18.7 Å². The number of hydrogen-bond acceptors (Lipinski definition) is 4. The maximum atomic E-state index is 11.0. The summed E-state index contributed by atoms with van der Waals surface area (Å²) in [5, 5.41) is 0. The highest BCUT2D eigenvalue weighted by Gasteiger charge is 2.04. The summed E-state index contributed by atoms with van der Waals surface area (Å²) in [5.74, 6) is 0.792. The molecule has 5 nitrogen and oxygen atoms in total. The third kappa shape index (κ3) is 2.21. The van der Waals surface area contributed by atoms with Gasteiger partial charge in [0, 0.05) is 19.2 Å². The van der Waals surface area contributed by atoms with E-state index in [0.29, 0.717) is 5.95 Å². The molecule has 5 heteroatoms. The molecule has 0 fully saturated rings. The Labute approximate surface area is 76.6 Å². The molecule has 1 aromatic heterocycles. The molecule has 0 aliphatic rings. The summed E-state index contributed by atoms with van der Waals surface area (Å²) >= 11 is 0. The maximum Gasteiger partial charge on any atom is 0.254 e. The van der Waals surface area contributed by atoms with Gasteiger partial charge in [-0.15, -0.1) is 0 Å². The van der Waals surface area contributed by atoms with Crippen LogP contribution in [0.5, 0.6) is 0 Å². The number of nitrogens with zero attached hydrogens (tertiary/aromatic N) is 2. The van der Waals surface area contributed by atoms with E-state index in [0.717, 1.165) is 13.1 Å². The Morgan fingerprint density at radius 2 is 2.15 bits per heavy atom. The lowest BCUT2D eigenvalue weighted by atomic mass is 10.5. The van der Waals surface area contributed by atoms with Crippen LogP contribution in [0, 0.1) is 0 Å². The molecule has 0 bridgehead atoms. The highest BCUT2D eigenvalue weighted by atomic mass is 16.1. The van der Waals surface area contributed by atoms with Crippen LogP contribution in [0.3, 0.4) is 0 Å². The molecular formula is C8H14N4O. The first-order valence-electron chi connectivity index (χ1n) is 4.29. The zero-order valence-electron chi connectivity index (χ0n) is 7.87. The van der Waals surface area contributed by atoms with E-state index in [1.54, 1.807) is 0 Å². The summed E-state index contributed by atoms with van der Waals surface area (Å²) in [5.41, 5.74) is 5.24. The van der Waals surface area contributed by atoms with Gasteiger partial charge in [0.2, 0.25) is 5.95 Å². The molecule has 0 saturated carbocycles. The molecule has 1 aromatic rings. The Balaban J connectivity index is 3.06.